The summed E-state index contributed by atoms with van der Waals surface area (Å²) in [5.41, 5.74) is 3.86. The second-order valence-electron chi connectivity index (χ2n) is 5.93. The zero-order valence-corrected chi connectivity index (χ0v) is 14.6. The maximum atomic E-state index is 12.9. The van der Waals surface area contributed by atoms with Gasteiger partial charge in [0.1, 0.15) is 5.01 Å². The third-order valence-corrected chi connectivity index (χ3v) is 5.40. The molecule has 3 rings (SSSR count). The van der Waals surface area contributed by atoms with Gasteiger partial charge in [-0.25, -0.2) is 4.98 Å². The molecule has 0 radical (unpaired) electrons. The average Bonchev–Trinajstić information content (AvgIpc) is 2.99. The number of aryl methyl sites for hydroxylation is 2. The number of hydrogen-bond donors (Lipinski definition) is 0. The molecular formula is C19H20N2OS. The van der Waals surface area contributed by atoms with Crippen LogP contribution in [0, 0.1) is 13.8 Å². The molecular weight excluding hydrogens is 304 g/mol. The molecule has 0 fully saturated rings. The topological polar surface area (TPSA) is 33.2 Å². The highest BCUT2D eigenvalue weighted by Gasteiger charge is 2.22. The molecule has 23 heavy (non-hydrogen) atoms. The Morgan fingerprint density at radius 2 is 1.91 bits per heavy atom. The third kappa shape index (κ3) is 2.99. The summed E-state index contributed by atoms with van der Waals surface area (Å²) in [6.45, 7) is 6.01. The number of fused-ring (bicyclic) bond motifs is 1. The van der Waals surface area contributed by atoms with Crippen LogP contribution >= 0.6 is 11.3 Å². The van der Waals surface area contributed by atoms with E-state index in [2.05, 4.69) is 11.1 Å². The van der Waals surface area contributed by atoms with Crippen LogP contribution in [0.5, 0.6) is 0 Å². The summed E-state index contributed by atoms with van der Waals surface area (Å²) in [6, 6.07) is 14.0. The van der Waals surface area contributed by atoms with Crippen molar-refractivity contribution < 1.29 is 4.79 Å². The van der Waals surface area contributed by atoms with E-state index in [1.165, 1.54) is 0 Å². The Morgan fingerprint density at radius 3 is 2.65 bits per heavy atom. The van der Waals surface area contributed by atoms with Crippen LogP contribution in [-0.2, 0) is 0 Å². The van der Waals surface area contributed by atoms with Crippen molar-refractivity contribution in [2.45, 2.75) is 26.8 Å². The van der Waals surface area contributed by atoms with E-state index in [4.69, 9.17) is 0 Å². The van der Waals surface area contributed by atoms with Gasteiger partial charge in [0.25, 0.3) is 5.91 Å². The average molecular weight is 324 g/mol. The van der Waals surface area contributed by atoms with Gasteiger partial charge >= 0.3 is 0 Å². The first-order chi connectivity index (χ1) is 11.0. The highest BCUT2D eigenvalue weighted by Crippen LogP contribution is 2.29. The van der Waals surface area contributed by atoms with Gasteiger partial charge in [0.2, 0.25) is 0 Å². The third-order valence-electron chi connectivity index (χ3n) is 4.19. The maximum absolute atomic E-state index is 12.9. The van der Waals surface area contributed by atoms with Crippen molar-refractivity contribution in [1.29, 1.82) is 0 Å². The molecule has 0 spiro atoms. The van der Waals surface area contributed by atoms with Gasteiger partial charge in [0.05, 0.1) is 16.3 Å². The lowest BCUT2D eigenvalue weighted by molar-refractivity contribution is 0.0741. The standard InChI is InChI=1S/C19H20N2OS/c1-12-9-10-13(2)15(11-12)19(22)21(4)14(3)18-20-16-7-5-6-8-17(16)23-18/h5-11,14H,1-4H3/t14-/m0/s1. The van der Waals surface area contributed by atoms with Crippen molar-refractivity contribution in [3.63, 3.8) is 0 Å². The van der Waals surface area contributed by atoms with E-state index in [1.807, 2.05) is 64.2 Å². The van der Waals surface area contributed by atoms with Gasteiger partial charge < -0.3 is 4.90 Å². The van der Waals surface area contributed by atoms with Gasteiger partial charge in [0, 0.05) is 12.6 Å². The Hall–Kier alpha value is -2.20. The van der Waals surface area contributed by atoms with Crippen LogP contribution < -0.4 is 0 Å². The summed E-state index contributed by atoms with van der Waals surface area (Å²) in [5.74, 6) is 0.0398. The van der Waals surface area contributed by atoms with Crippen LogP contribution in [0.3, 0.4) is 0 Å². The second-order valence-corrected chi connectivity index (χ2v) is 6.99. The first-order valence-corrected chi connectivity index (χ1v) is 8.49. The van der Waals surface area contributed by atoms with Gasteiger partial charge in [-0.3, -0.25) is 4.79 Å². The predicted molar refractivity (Wildman–Crippen MR) is 96.0 cm³/mol. The van der Waals surface area contributed by atoms with Crippen molar-refractivity contribution in [3.8, 4) is 0 Å². The minimum Gasteiger partial charge on any atom is -0.333 e. The molecule has 4 heteroatoms. The van der Waals surface area contributed by atoms with Crippen molar-refractivity contribution in [2.75, 3.05) is 7.05 Å². The fraction of sp³-hybridized carbons (Fsp3) is 0.263. The molecule has 1 amide bonds. The number of nitrogens with zero attached hydrogens (tertiary/aromatic N) is 2. The summed E-state index contributed by atoms with van der Waals surface area (Å²) < 4.78 is 1.15. The van der Waals surface area contributed by atoms with E-state index in [9.17, 15) is 4.79 Å². The van der Waals surface area contributed by atoms with Crippen LogP contribution in [0.1, 0.15) is 39.5 Å². The van der Waals surface area contributed by atoms with E-state index in [0.29, 0.717) is 0 Å². The van der Waals surface area contributed by atoms with Crippen molar-refractivity contribution >= 4 is 27.5 Å². The number of rotatable bonds is 3. The van der Waals surface area contributed by atoms with Gasteiger partial charge in [-0.2, -0.15) is 0 Å². The van der Waals surface area contributed by atoms with E-state index >= 15 is 0 Å². The largest absolute Gasteiger partial charge is 0.333 e. The molecule has 0 aliphatic carbocycles. The van der Waals surface area contributed by atoms with Gasteiger partial charge in [-0.05, 0) is 44.5 Å². The molecule has 2 aromatic carbocycles. The summed E-state index contributed by atoms with van der Waals surface area (Å²) in [7, 11) is 1.85. The summed E-state index contributed by atoms with van der Waals surface area (Å²) >= 11 is 1.65. The number of amides is 1. The van der Waals surface area contributed by atoms with Crippen LogP contribution in [0.4, 0.5) is 0 Å². The first-order valence-electron chi connectivity index (χ1n) is 7.67. The van der Waals surface area contributed by atoms with E-state index in [0.717, 1.165) is 31.9 Å². The van der Waals surface area contributed by atoms with Crippen LogP contribution in [0.15, 0.2) is 42.5 Å². The number of aromatic nitrogens is 1. The predicted octanol–water partition coefficient (Wildman–Crippen LogP) is 4.75. The Morgan fingerprint density at radius 1 is 1.17 bits per heavy atom. The van der Waals surface area contributed by atoms with Gasteiger partial charge in [-0.15, -0.1) is 11.3 Å². The minimum absolute atomic E-state index is 0.0398. The Labute approximate surface area is 140 Å². The number of hydrogen-bond acceptors (Lipinski definition) is 3. The molecule has 0 saturated carbocycles. The summed E-state index contributed by atoms with van der Waals surface area (Å²) in [6.07, 6.45) is 0. The maximum Gasteiger partial charge on any atom is 0.254 e. The number of thiazole rings is 1. The molecule has 3 aromatic rings. The lowest BCUT2D eigenvalue weighted by atomic mass is 10.0. The van der Waals surface area contributed by atoms with Crippen LogP contribution in [0.25, 0.3) is 10.2 Å². The van der Waals surface area contributed by atoms with Crippen LogP contribution in [0.2, 0.25) is 0 Å². The zero-order chi connectivity index (χ0) is 16.6. The van der Waals surface area contributed by atoms with E-state index in [1.54, 1.807) is 16.2 Å². The molecule has 1 atom stereocenters. The van der Waals surface area contributed by atoms with Crippen molar-refractivity contribution in [3.05, 3.63) is 64.2 Å². The van der Waals surface area contributed by atoms with Crippen molar-refractivity contribution in [2.24, 2.45) is 0 Å². The normalized spacial score (nSPS) is 12.3. The molecule has 0 aliphatic heterocycles. The van der Waals surface area contributed by atoms with E-state index < -0.39 is 0 Å². The molecule has 1 heterocycles. The summed E-state index contributed by atoms with van der Waals surface area (Å²) in [4.78, 5) is 19.3. The second kappa shape index (κ2) is 6.13. The van der Waals surface area contributed by atoms with Gasteiger partial charge in [-0.1, -0.05) is 29.8 Å². The number of carbonyl (C=O) groups is 1. The SMILES string of the molecule is Cc1ccc(C)c(C(=O)N(C)[C@@H](C)c2nc3ccccc3s2)c1. The molecule has 0 saturated heterocycles. The molecule has 118 valence electrons. The van der Waals surface area contributed by atoms with Crippen LogP contribution in [-0.4, -0.2) is 22.8 Å². The molecule has 0 aliphatic rings. The zero-order valence-electron chi connectivity index (χ0n) is 13.8. The van der Waals surface area contributed by atoms with Crippen molar-refractivity contribution in [1.82, 2.24) is 9.88 Å². The summed E-state index contributed by atoms with van der Waals surface area (Å²) in [5, 5.41) is 0.965. The minimum atomic E-state index is -0.0557. The Bertz CT molecular complexity index is 836. The lowest BCUT2D eigenvalue weighted by Crippen LogP contribution is -2.30. The molecule has 1 aromatic heterocycles. The Kier molecular flexibility index (Phi) is 4.18. The van der Waals surface area contributed by atoms with E-state index in [-0.39, 0.29) is 11.9 Å². The Balaban J connectivity index is 1.90. The highest BCUT2D eigenvalue weighted by molar-refractivity contribution is 7.18. The monoisotopic (exact) mass is 324 g/mol. The number of benzene rings is 2. The number of para-hydroxylation sites is 1. The highest BCUT2D eigenvalue weighted by atomic mass is 32.1. The molecule has 3 nitrogen and oxygen atoms in total. The molecule has 0 N–H and O–H groups in total. The fourth-order valence-corrected chi connectivity index (χ4v) is 3.63. The molecule has 0 bridgehead atoms. The fourth-order valence-electron chi connectivity index (χ4n) is 2.57. The lowest BCUT2D eigenvalue weighted by Gasteiger charge is -2.24. The number of carbonyl (C=O) groups excluding carboxylic acids is 1. The first kappa shape index (κ1) is 15.7. The quantitative estimate of drug-likeness (QED) is 0.697. The van der Waals surface area contributed by atoms with Gasteiger partial charge in [0.15, 0.2) is 0 Å². The molecule has 0 unspecified atom stereocenters. The smallest absolute Gasteiger partial charge is 0.254 e.